The number of H-pyrrole nitrogens is 1. The van der Waals surface area contributed by atoms with E-state index in [1.54, 1.807) is 12.1 Å². The zero-order valence-electron chi connectivity index (χ0n) is 24.0. The number of nitrogens with one attached hydrogen (secondary N) is 3. The smallest absolute Gasteiger partial charge is 0.408 e. The van der Waals surface area contributed by atoms with E-state index in [9.17, 15) is 19.8 Å². The van der Waals surface area contributed by atoms with Crippen LogP contribution in [0.1, 0.15) is 47.2 Å². The molecule has 1 aromatic heterocycles. The number of phenolic OH excluding ortho intramolecular Hbond substituents is 1. The van der Waals surface area contributed by atoms with Crippen molar-refractivity contribution in [2.45, 2.75) is 37.5 Å². The molecule has 224 valence electrons. The van der Waals surface area contributed by atoms with E-state index in [1.165, 1.54) is 12.1 Å². The lowest BCUT2D eigenvalue weighted by atomic mass is 9.86. The summed E-state index contributed by atoms with van der Waals surface area (Å²) in [6.45, 7) is 3.93. The number of aliphatic hydroxyl groups is 1. The van der Waals surface area contributed by atoms with E-state index >= 15 is 0 Å². The fraction of sp³-hybridized carbons (Fsp3) is 0.353. The SMILES string of the molecule is O=C(NC(c1ccccc1)c1cccc(CCNCC(O)c2ccc(O)c3[nH]c(=O)ccc23)c1)OC1CN2CCC1CC2. The van der Waals surface area contributed by atoms with Crippen molar-refractivity contribution < 1.29 is 19.7 Å². The number of fused-ring (bicyclic) bond motifs is 4. The Balaban J connectivity index is 1.09. The zero-order chi connectivity index (χ0) is 29.8. The van der Waals surface area contributed by atoms with E-state index in [2.05, 4.69) is 32.7 Å². The summed E-state index contributed by atoms with van der Waals surface area (Å²) in [4.78, 5) is 29.8. The number of amides is 1. The first-order valence-electron chi connectivity index (χ1n) is 15.0. The van der Waals surface area contributed by atoms with Crippen LogP contribution in [0.4, 0.5) is 4.79 Å². The molecule has 0 spiro atoms. The van der Waals surface area contributed by atoms with Gasteiger partial charge in [0, 0.05) is 24.5 Å². The van der Waals surface area contributed by atoms with E-state index in [-0.39, 0.29) is 29.5 Å². The van der Waals surface area contributed by atoms with Crippen LogP contribution in [0.15, 0.2) is 83.7 Å². The first kappa shape index (κ1) is 28.9. The lowest BCUT2D eigenvalue weighted by molar-refractivity contribution is -0.0336. The highest BCUT2D eigenvalue weighted by molar-refractivity contribution is 5.87. The van der Waals surface area contributed by atoms with Crippen LogP contribution in [0.2, 0.25) is 0 Å². The van der Waals surface area contributed by atoms with Gasteiger partial charge in [-0.1, -0.05) is 60.7 Å². The molecular weight excluding hydrogens is 544 g/mol. The minimum atomic E-state index is -0.825. The minimum absolute atomic E-state index is 0.0351. The molecule has 3 fully saturated rings. The molecule has 43 heavy (non-hydrogen) atoms. The van der Waals surface area contributed by atoms with E-state index in [4.69, 9.17) is 4.74 Å². The summed E-state index contributed by atoms with van der Waals surface area (Å²) in [5.74, 6) is 0.407. The molecule has 0 saturated carbocycles. The topological polar surface area (TPSA) is 127 Å². The van der Waals surface area contributed by atoms with Gasteiger partial charge in [0.25, 0.3) is 0 Å². The molecule has 3 saturated heterocycles. The maximum atomic E-state index is 13.1. The predicted molar refractivity (Wildman–Crippen MR) is 165 cm³/mol. The highest BCUT2D eigenvalue weighted by atomic mass is 16.6. The van der Waals surface area contributed by atoms with Gasteiger partial charge in [-0.25, -0.2) is 4.79 Å². The highest BCUT2D eigenvalue weighted by Gasteiger charge is 2.36. The van der Waals surface area contributed by atoms with Crippen LogP contribution in [0.25, 0.3) is 10.9 Å². The molecule has 5 N–H and O–H groups in total. The van der Waals surface area contributed by atoms with Crippen LogP contribution in [-0.4, -0.2) is 65.0 Å². The molecule has 4 heterocycles. The lowest BCUT2D eigenvalue weighted by Crippen LogP contribution is -2.52. The van der Waals surface area contributed by atoms with E-state index in [0.29, 0.717) is 35.5 Å². The van der Waals surface area contributed by atoms with Gasteiger partial charge in [-0.3, -0.25) is 9.69 Å². The first-order chi connectivity index (χ1) is 20.9. The van der Waals surface area contributed by atoms with Crippen molar-refractivity contribution in [3.63, 3.8) is 0 Å². The number of hydrogen-bond donors (Lipinski definition) is 5. The number of benzene rings is 3. The van der Waals surface area contributed by atoms with Gasteiger partial charge in [-0.15, -0.1) is 0 Å². The van der Waals surface area contributed by atoms with E-state index in [0.717, 1.165) is 55.6 Å². The van der Waals surface area contributed by atoms with E-state index in [1.807, 2.05) is 42.5 Å². The summed E-state index contributed by atoms with van der Waals surface area (Å²) in [6, 6.07) is 23.9. The molecule has 4 aromatic rings. The fourth-order valence-electron chi connectivity index (χ4n) is 6.40. The number of aliphatic hydroxyl groups excluding tert-OH is 1. The third-order valence-corrected chi connectivity index (χ3v) is 8.73. The second-order valence-electron chi connectivity index (χ2n) is 11.6. The number of aromatic amines is 1. The van der Waals surface area contributed by atoms with Gasteiger partial charge >= 0.3 is 6.09 Å². The standard InChI is InChI=1S/C34H38N4O5/c39-28-11-9-26(27-10-12-31(41)36-33(27)28)29(40)20-35-16-13-22-5-4-8-25(19-22)32(24-6-2-1-3-7-24)37-34(42)43-30-21-38-17-14-23(30)15-18-38/h1-12,19,23,29-30,32,35,39-40H,13-18,20-21H2,(H,36,41)(H,37,42). The van der Waals surface area contributed by atoms with Crippen LogP contribution < -0.4 is 16.2 Å². The molecule has 1 amide bonds. The Morgan fingerprint density at radius 3 is 2.56 bits per heavy atom. The van der Waals surface area contributed by atoms with Crippen molar-refractivity contribution in [2.75, 3.05) is 32.7 Å². The third kappa shape index (κ3) is 6.74. The van der Waals surface area contributed by atoms with Crippen molar-refractivity contribution in [3.05, 3.63) is 111 Å². The molecule has 3 aliphatic rings. The van der Waals surface area contributed by atoms with Gasteiger partial charge in [0.05, 0.1) is 17.7 Å². The Morgan fingerprint density at radius 1 is 1.00 bits per heavy atom. The number of nitrogens with zero attached hydrogens (tertiary/aromatic N) is 1. The Hall–Kier alpha value is -4.18. The summed E-state index contributed by atoms with van der Waals surface area (Å²) in [5, 5.41) is 28.0. The van der Waals surface area contributed by atoms with Crippen LogP contribution in [0.5, 0.6) is 5.75 Å². The second kappa shape index (κ2) is 13.0. The molecule has 0 radical (unpaired) electrons. The maximum absolute atomic E-state index is 13.1. The van der Waals surface area contributed by atoms with Gasteiger partial charge in [0.15, 0.2) is 0 Å². The number of piperidine rings is 3. The number of alkyl carbamates (subject to hydrolysis) is 1. The third-order valence-electron chi connectivity index (χ3n) is 8.73. The predicted octanol–water partition coefficient (Wildman–Crippen LogP) is 4.01. The van der Waals surface area contributed by atoms with Crippen LogP contribution in [0.3, 0.4) is 0 Å². The number of carbonyl (C=O) groups excluding carboxylic acids is 1. The largest absolute Gasteiger partial charge is 0.506 e. The first-order valence-corrected chi connectivity index (χ1v) is 15.0. The molecule has 9 nitrogen and oxygen atoms in total. The summed E-state index contributed by atoms with van der Waals surface area (Å²) in [6.07, 6.45) is 1.61. The van der Waals surface area contributed by atoms with Crippen LogP contribution in [0, 0.1) is 5.92 Å². The Labute approximate surface area is 250 Å². The Kier molecular flexibility index (Phi) is 8.74. The molecule has 9 heteroatoms. The molecular formula is C34H38N4O5. The van der Waals surface area contributed by atoms with Gasteiger partial charge < -0.3 is 30.6 Å². The van der Waals surface area contributed by atoms with Crippen molar-refractivity contribution in [3.8, 4) is 5.75 Å². The summed E-state index contributed by atoms with van der Waals surface area (Å²) >= 11 is 0. The molecule has 3 unspecified atom stereocenters. The van der Waals surface area contributed by atoms with Crippen molar-refractivity contribution in [1.29, 1.82) is 0 Å². The second-order valence-corrected chi connectivity index (χ2v) is 11.6. The monoisotopic (exact) mass is 582 g/mol. The van der Waals surface area contributed by atoms with Gasteiger partial charge in [-0.2, -0.15) is 0 Å². The maximum Gasteiger partial charge on any atom is 0.408 e. The number of rotatable bonds is 10. The summed E-state index contributed by atoms with van der Waals surface area (Å²) < 4.78 is 5.95. The average Bonchev–Trinajstić information content (AvgIpc) is 3.03. The number of hydrogen-bond acceptors (Lipinski definition) is 7. The molecule has 3 atom stereocenters. The van der Waals surface area contributed by atoms with Gasteiger partial charge in [0.2, 0.25) is 5.56 Å². The highest BCUT2D eigenvalue weighted by Crippen LogP contribution is 2.31. The zero-order valence-corrected chi connectivity index (χ0v) is 24.0. The van der Waals surface area contributed by atoms with Gasteiger partial charge in [0.1, 0.15) is 11.9 Å². The normalized spacial score (nSPS) is 20.9. The lowest BCUT2D eigenvalue weighted by Gasteiger charge is -2.43. The summed E-state index contributed by atoms with van der Waals surface area (Å²) in [5.41, 5.74) is 3.68. The molecule has 7 rings (SSSR count). The Bertz CT molecular complexity index is 1620. The minimum Gasteiger partial charge on any atom is -0.506 e. The van der Waals surface area contributed by atoms with Crippen molar-refractivity contribution in [1.82, 2.24) is 20.5 Å². The number of carbonyl (C=O) groups is 1. The molecule has 3 aromatic carbocycles. The number of phenols is 1. The number of aromatic hydroxyl groups is 1. The quantitative estimate of drug-likeness (QED) is 0.179. The average molecular weight is 583 g/mol. The molecule has 0 aliphatic carbocycles. The van der Waals surface area contributed by atoms with Crippen molar-refractivity contribution in [2.24, 2.45) is 5.92 Å². The fourth-order valence-corrected chi connectivity index (χ4v) is 6.40. The number of aromatic nitrogens is 1. The van der Waals surface area contributed by atoms with E-state index < -0.39 is 6.10 Å². The molecule has 2 bridgehead atoms. The van der Waals surface area contributed by atoms with Gasteiger partial charge in [-0.05, 0) is 79.2 Å². The van der Waals surface area contributed by atoms with Crippen LogP contribution in [-0.2, 0) is 11.2 Å². The number of ether oxygens (including phenoxy) is 1. The number of pyridine rings is 1. The summed E-state index contributed by atoms with van der Waals surface area (Å²) in [7, 11) is 0. The van der Waals surface area contributed by atoms with Crippen LogP contribution >= 0.6 is 0 Å². The van der Waals surface area contributed by atoms with Crippen molar-refractivity contribution >= 4 is 17.0 Å². The molecule has 3 aliphatic heterocycles. The Morgan fingerprint density at radius 2 is 1.79 bits per heavy atom.